The van der Waals surface area contributed by atoms with E-state index in [4.69, 9.17) is 0 Å². The molecule has 1 unspecified atom stereocenters. The number of carbonyl (C=O) groups is 1. The Bertz CT molecular complexity index is 1000. The lowest BCUT2D eigenvalue weighted by Gasteiger charge is -2.28. The Morgan fingerprint density at radius 1 is 1.10 bits per heavy atom. The molecular weight excluding hydrogens is 386 g/mol. The van der Waals surface area contributed by atoms with E-state index in [1.165, 1.54) is 42.3 Å². The van der Waals surface area contributed by atoms with Gasteiger partial charge in [-0.15, -0.1) is 0 Å². The lowest BCUT2D eigenvalue weighted by Crippen LogP contribution is -3.17. The van der Waals surface area contributed by atoms with Crippen LogP contribution in [0, 0.1) is 0 Å². The van der Waals surface area contributed by atoms with Gasteiger partial charge in [-0.25, -0.2) is 12.7 Å². The molecule has 1 aliphatic rings. The molecule has 1 heterocycles. The highest BCUT2D eigenvalue weighted by molar-refractivity contribution is 7.89. The van der Waals surface area contributed by atoms with Gasteiger partial charge in [0, 0.05) is 26.2 Å². The molecule has 0 radical (unpaired) electrons. The summed E-state index contributed by atoms with van der Waals surface area (Å²) >= 11 is 0. The molecule has 0 saturated heterocycles. The van der Waals surface area contributed by atoms with Crippen molar-refractivity contribution in [1.82, 2.24) is 4.31 Å². The Hall–Kier alpha value is -2.48. The van der Waals surface area contributed by atoms with Crippen molar-refractivity contribution >= 4 is 27.2 Å². The Labute approximate surface area is 172 Å². The summed E-state index contributed by atoms with van der Waals surface area (Å²) in [7, 11) is -0.568. The molecule has 7 heteroatoms. The van der Waals surface area contributed by atoms with Crippen LogP contribution in [0.2, 0.25) is 0 Å². The van der Waals surface area contributed by atoms with Crippen LogP contribution in [-0.4, -0.2) is 51.9 Å². The molecule has 29 heavy (non-hydrogen) atoms. The molecule has 2 aromatic rings. The van der Waals surface area contributed by atoms with Gasteiger partial charge in [-0.2, -0.15) is 0 Å². The highest BCUT2D eigenvalue weighted by Crippen LogP contribution is 2.19. The standard InChI is InChI=1S/C22H27N3O3S/c1-17(25-14-12-19(13-15-25)18-8-5-4-6-9-18)22(26)23-20-10-7-11-21(16-20)29(27,28)24(2)3/h4-12,16-17H,13-15H2,1-3H3,(H,23,26)/p+1/t17-/m1/s1. The van der Waals surface area contributed by atoms with E-state index in [2.05, 4.69) is 23.5 Å². The fourth-order valence-corrected chi connectivity index (χ4v) is 4.39. The van der Waals surface area contributed by atoms with Crippen LogP contribution in [0.5, 0.6) is 0 Å². The van der Waals surface area contributed by atoms with Gasteiger partial charge >= 0.3 is 0 Å². The largest absolute Gasteiger partial charge is 0.321 e. The van der Waals surface area contributed by atoms with Crippen molar-refractivity contribution in [2.45, 2.75) is 24.3 Å². The summed E-state index contributed by atoms with van der Waals surface area (Å²) in [4.78, 5) is 14.1. The molecule has 2 aromatic carbocycles. The minimum absolute atomic E-state index is 0.115. The van der Waals surface area contributed by atoms with Gasteiger partial charge in [-0.1, -0.05) is 36.4 Å². The molecule has 2 N–H and O–H groups in total. The Balaban J connectivity index is 1.65. The number of hydrogen-bond acceptors (Lipinski definition) is 3. The fourth-order valence-electron chi connectivity index (χ4n) is 3.44. The van der Waals surface area contributed by atoms with Gasteiger partial charge in [-0.3, -0.25) is 4.79 Å². The van der Waals surface area contributed by atoms with E-state index in [0.29, 0.717) is 5.69 Å². The average Bonchev–Trinajstić information content (AvgIpc) is 2.74. The van der Waals surface area contributed by atoms with E-state index in [9.17, 15) is 13.2 Å². The van der Waals surface area contributed by atoms with Crippen molar-refractivity contribution in [3.05, 3.63) is 66.2 Å². The maximum atomic E-state index is 12.7. The molecule has 1 amide bonds. The van der Waals surface area contributed by atoms with Gasteiger partial charge in [0.1, 0.15) is 0 Å². The predicted octanol–water partition coefficient (Wildman–Crippen LogP) is 1.64. The number of nitrogens with one attached hydrogen (secondary N) is 2. The van der Waals surface area contributed by atoms with Crippen LogP contribution in [0.4, 0.5) is 5.69 Å². The third-order valence-corrected chi connectivity index (χ3v) is 7.17. The Morgan fingerprint density at radius 3 is 2.45 bits per heavy atom. The third kappa shape index (κ3) is 4.93. The number of benzene rings is 2. The van der Waals surface area contributed by atoms with Crippen LogP contribution in [-0.2, 0) is 14.8 Å². The topological polar surface area (TPSA) is 70.9 Å². The quantitative estimate of drug-likeness (QED) is 0.755. The van der Waals surface area contributed by atoms with Crippen LogP contribution in [0.15, 0.2) is 65.6 Å². The molecular formula is C22H28N3O3S+. The van der Waals surface area contributed by atoms with E-state index in [1.54, 1.807) is 12.1 Å². The number of hydrogen-bond donors (Lipinski definition) is 2. The fraction of sp³-hybridized carbons (Fsp3) is 0.318. The first-order valence-corrected chi connectivity index (χ1v) is 11.2. The van der Waals surface area contributed by atoms with Gasteiger partial charge in [0.05, 0.1) is 18.0 Å². The SMILES string of the molecule is C[C@H](C(=O)Nc1cccc(S(=O)(=O)N(C)C)c1)[NH+]1CC=C(c2ccccc2)CC1. The van der Waals surface area contributed by atoms with E-state index < -0.39 is 10.0 Å². The summed E-state index contributed by atoms with van der Waals surface area (Å²) in [5, 5.41) is 2.87. The van der Waals surface area contributed by atoms with Crippen molar-refractivity contribution in [1.29, 1.82) is 0 Å². The maximum absolute atomic E-state index is 12.7. The molecule has 0 aliphatic carbocycles. The molecule has 0 fully saturated rings. The highest BCUT2D eigenvalue weighted by atomic mass is 32.2. The van der Waals surface area contributed by atoms with Gasteiger partial charge in [0.25, 0.3) is 5.91 Å². The van der Waals surface area contributed by atoms with E-state index in [-0.39, 0.29) is 16.8 Å². The summed E-state index contributed by atoms with van der Waals surface area (Å²) in [5.74, 6) is -0.115. The Kier molecular flexibility index (Phi) is 6.52. The monoisotopic (exact) mass is 414 g/mol. The van der Waals surface area contributed by atoms with Crippen LogP contribution in [0.3, 0.4) is 0 Å². The molecule has 3 rings (SSSR count). The van der Waals surface area contributed by atoms with E-state index in [0.717, 1.165) is 23.8 Å². The number of nitrogens with zero attached hydrogens (tertiary/aromatic N) is 1. The lowest BCUT2D eigenvalue weighted by atomic mass is 9.99. The first-order chi connectivity index (χ1) is 13.8. The second-order valence-electron chi connectivity index (χ2n) is 7.48. The molecule has 0 spiro atoms. The van der Waals surface area contributed by atoms with Crippen molar-refractivity contribution in [3.8, 4) is 0 Å². The summed E-state index contributed by atoms with van der Waals surface area (Å²) < 4.78 is 25.8. The van der Waals surface area contributed by atoms with Crippen molar-refractivity contribution in [2.75, 3.05) is 32.5 Å². The molecule has 154 valence electrons. The van der Waals surface area contributed by atoms with Gasteiger partial charge in [0.2, 0.25) is 10.0 Å². The second-order valence-corrected chi connectivity index (χ2v) is 9.64. The van der Waals surface area contributed by atoms with Crippen LogP contribution in [0.25, 0.3) is 5.57 Å². The first-order valence-electron chi connectivity index (χ1n) is 9.71. The van der Waals surface area contributed by atoms with Gasteiger partial charge in [0.15, 0.2) is 6.04 Å². The van der Waals surface area contributed by atoms with Gasteiger partial charge in [-0.05, 0) is 42.3 Å². The molecule has 0 aromatic heterocycles. The molecule has 0 saturated carbocycles. The number of quaternary nitrogens is 1. The smallest absolute Gasteiger partial charge is 0.282 e. The minimum atomic E-state index is -3.54. The van der Waals surface area contributed by atoms with Crippen molar-refractivity contribution < 1.29 is 18.1 Å². The van der Waals surface area contributed by atoms with Crippen molar-refractivity contribution in [2.24, 2.45) is 0 Å². The zero-order chi connectivity index (χ0) is 21.0. The summed E-state index contributed by atoms with van der Waals surface area (Å²) in [6.07, 6.45) is 3.13. The Morgan fingerprint density at radius 2 is 1.83 bits per heavy atom. The minimum Gasteiger partial charge on any atom is -0.321 e. The summed E-state index contributed by atoms with van der Waals surface area (Å²) in [6, 6.07) is 16.4. The summed E-state index contributed by atoms with van der Waals surface area (Å²) in [5.41, 5.74) is 3.05. The average molecular weight is 415 g/mol. The van der Waals surface area contributed by atoms with Crippen LogP contribution in [0.1, 0.15) is 18.9 Å². The zero-order valence-corrected chi connectivity index (χ0v) is 17.9. The number of sulfonamides is 1. The molecule has 1 aliphatic heterocycles. The number of carbonyl (C=O) groups excluding carboxylic acids is 1. The number of anilines is 1. The van der Waals surface area contributed by atoms with E-state index in [1.807, 2.05) is 25.1 Å². The third-order valence-electron chi connectivity index (χ3n) is 5.36. The molecule has 6 nitrogen and oxygen atoms in total. The van der Waals surface area contributed by atoms with E-state index >= 15 is 0 Å². The molecule has 0 bridgehead atoms. The van der Waals surface area contributed by atoms with Gasteiger partial charge < -0.3 is 10.2 Å². The maximum Gasteiger partial charge on any atom is 0.282 e. The molecule has 2 atom stereocenters. The first kappa shape index (κ1) is 21.2. The van der Waals surface area contributed by atoms with Crippen LogP contribution >= 0.6 is 0 Å². The zero-order valence-electron chi connectivity index (χ0n) is 17.1. The number of rotatable bonds is 6. The predicted molar refractivity (Wildman–Crippen MR) is 115 cm³/mol. The normalized spacial score (nSPS) is 18.2. The highest BCUT2D eigenvalue weighted by Gasteiger charge is 2.27. The van der Waals surface area contributed by atoms with Crippen molar-refractivity contribution in [3.63, 3.8) is 0 Å². The number of amides is 1. The second kappa shape index (κ2) is 8.90. The summed E-state index contributed by atoms with van der Waals surface area (Å²) in [6.45, 7) is 3.57. The lowest BCUT2D eigenvalue weighted by molar-refractivity contribution is -0.909. The van der Waals surface area contributed by atoms with Crippen LogP contribution < -0.4 is 10.2 Å².